The Bertz CT molecular complexity index is 2050. The molecule has 0 radical (unpaired) electrons. The van der Waals surface area contributed by atoms with Crippen molar-refractivity contribution >= 4 is 45.0 Å². The van der Waals surface area contributed by atoms with Crippen LogP contribution in [0.5, 0.6) is 17.2 Å². The second kappa shape index (κ2) is 14.3. The number of nitro groups is 1. The number of allylic oxidation sites excluding steroid dienone is 1. The lowest BCUT2D eigenvalue weighted by Gasteiger charge is -2.26. The van der Waals surface area contributed by atoms with E-state index in [4.69, 9.17) is 18.9 Å². The SMILES string of the molecule is CCOC(=O)C1=C(C)N=c2s/c(=C/c3cc(OC)c(OCc4ccc([N+](=O)[O-])cc4)cc3Br)c(=O)n2[C@H]1c1ccccc1OC(C)C. The van der Waals surface area contributed by atoms with Crippen LogP contribution in [0.4, 0.5) is 5.69 Å². The lowest BCUT2D eigenvalue weighted by atomic mass is 9.95. The first-order valence-electron chi connectivity index (χ1n) is 14.7. The summed E-state index contributed by atoms with van der Waals surface area (Å²) in [7, 11) is 1.51. The van der Waals surface area contributed by atoms with E-state index in [1.807, 2.05) is 38.1 Å². The van der Waals surface area contributed by atoms with Crippen LogP contribution < -0.4 is 29.1 Å². The fraction of sp³-hybridized carbons (Fsp3) is 0.265. The van der Waals surface area contributed by atoms with Crippen LogP contribution in [0.3, 0.4) is 0 Å². The normalized spacial score (nSPS) is 14.4. The molecule has 0 N–H and O–H groups in total. The average Bonchev–Trinajstić information content (AvgIpc) is 3.34. The van der Waals surface area contributed by atoms with Crippen LogP contribution in [0.25, 0.3) is 6.08 Å². The first-order chi connectivity index (χ1) is 22.5. The van der Waals surface area contributed by atoms with Gasteiger partial charge in [-0.1, -0.05) is 45.5 Å². The maximum absolute atomic E-state index is 14.2. The number of carbonyl (C=O) groups excluding carboxylic acids is 1. The molecular formula is C34H32BrN3O8S. The Morgan fingerprint density at radius 1 is 1.13 bits per heavy atom. The highest BCUT2D eigenvalue weighted by atomic mass is 79.9. The topological polar surface area (TPSA) is 131 Å². The van der Waals surface area contributed by atoms with Crippen molar-refractivity contribution in [3.63, 3.8) is 0 Å². The van der Waals surface area contributed by atoms with Gasteiger partial charge in [0.1, 0.15) is 18.4 Å². The number of carbonyl (C=O) groups is 1. The number of ether oxygens (including phenoxy) is 4. The number of para-hydroxylation sites is 1. The Balaban J connectivity index is 1.57. The predicted molar refractivity (Wildman–Crippen MR) is 181 cm³/mol. The van der Waals surface area contributed by atoms with Gasteiger partial charge in [-0.25, -0.2) is 9.79 Å². The number of rotatable bonds is 11. The second-order valence-electron chi connectivity index (χ2n) is 10.7. The molecule has 0 amide bonds. The van der Waals surface area contributed by atoms with Gasteiger partial charge in [0.2, 0.25) is 0 Å². The second-order valence-corrected chi connectivity index (χ2v) is 12.6. The molecule has 3 aromatic carbocycles. The molecule has 1 atom stereocenters. The Morgan fingerprint density at radius 3 is 2.51 bits per heavy atom. The number of aromatic nitrogens is 1. The number of hydrogen-bond donors (Lipinski definition) is 0. The highest BCUT2D eigenvalue weighted by molar-refractivity contribution is 9.10. The standard InChI is InChI=1S/C34H32BrN3O8S/c1-6-44-33(40)30-20(4)36-34-37(31(30)24-9-7-8-10-26(24)46-19(2)3)32(39)29(47-34)16-22-15-27(43-5)28(17-25(22)35)45-18-21-11-13-23(14-12-21)38(41)42/h7-17,19,31H,6,18H2,1-5H3/b29-16+/t31-/m0/s1. The van der Waals surface area contributed by atoms with E-state index in [1.54, 1.807) is 44.2 Å². The number of fused-ring (bicyclic) bond motifs is 1. The van der Waals surface area contributed by atoms with Gasteiger partial charge in [-0.15, -0.1) is 0 Å². The number of benzene rings is 3. The largest absolute Gasteiger partial charge is 0.493 e. The summed E-state index contributed by atoms with van der Waals surface area (Å²) in [4.78, 5) is 43.1. The zero-order valence-electron chi connectivity index (χ0n) is 26.3. The van der Waals surface area contributed by atoms with Gasteiger partial charge in [-0.2, -0.15) is 0 Å². The van der Waals surface area contributed by atoms with E-state index in [0.717, 1.165) is 5.56 Å². The average molecular weight is 723 g/mol. The third-order valence-corrected chi connectivity index (χ3v) is 8.87. The number of thiazole rings is 1. The number of halogens is 1. The number of nitrogens with zero attached hydrogens (tertiary/aromatic N) is 3. The van der Waals surface area contributed by atoms with E-state index >= 15 is 0 Å². The predicted octanol–water partition coefficient (Wildman–Crippen LogP) is 5.84. The van der Waals surface area contributed by atoms with Gasteiger partial charge in [0.25, 0.3) is 11.2 Å². The summed E-state index contributed by atoms with van der Waals surface area (Å²) in [5, 5.41) is 11.0. The lowest BCUT2D eigenvalue weighted by molar-refractivity contribution is -0.384. The van der Waals surface area contributed by atoms with E-state index in [2.05, 4.69) is 20.9 Å². The minimum Gasteiger partial charge on any atom is -0.493 e. The van der Waals surface area contributed by atoms with Crippen LogP contribution in [0.2, 0.25) is 0 Å². The molecule has 5 rings (SSSR count). The highest BCUT2D eigenvalue weighted by Gasteiger charge is 2.35. The fourth-order valence-corrected chi connectivity index (χ4v) is 6.58. The summed E-state index contributed by atoms with van der Waals surface area (Å²) >= 11 is 4.80. The molecule has 13 heteroatoms. The fourth-order valence-electron chi connectivity index (χ4n) is 5.10. The van der Waals surface area contributed by atoms with Crippen molar-refractivity contribution in [1.82, 2.24) is 4.57 Å². The van der Waals surface area contributed by atoms with Crippen molar-refractivity contribution in [3.05, 3.63) is 123 Å². The molecule has 0 fully saturated rings. The van der Waals surface area contributed by atoms with Crippen LogP contribution >= 0.6 is 27.3 Å². The van der Waals surface area contributed by atoms with E-state index in [9.17, 15) is 19.7 Å². The first kappa shape index (κ1) is 33.6. The summed E-state index contributed by atoms with van der Waals surface area (Å²) in [5.74, 6) is 0.861. The number of methoxy groups -OCH3 is 1. The van der Waals surface area contributed by atoms with Crippen LogP contribution in [-0.4, -0.2) is 35.3 Å². The lowest BCUT2D eigenvalue weighted by Crippen LogP contribution is -2.40. The van der Waals surface area contributed by atoms with E-state index in [1.165, 1.54) is 35.1 Å². The van der Waals surface area contributed by atoms with Gasteiger partial charge in [0.05, 0.1) is 40.5 Å². The molecule has 4 aromatic rings. The van der Waals surface area contributed by atoms with Gasteiger partial charge >= 0.3 is 5.97 Å². The Labute approximate surface area is 282 Å². The van der Waals surface area contributed by atoms with E-state index in [0.29, 0.717) is 47.9 Å². The van der Waals surface area contributed by atoms with Crippen LogP contribution in [0.15, 0.2) is 86.2 Å². The summed E-state index contributed by atoms with van der Waals surface area (Å²) in [6, 6.07) is 16.1. The summed E-state index contributed by atoms with van der Waals surface area (Å²) in [6.07, 6.45) is 1.59. The number of hydrogen-bond acceptors (Lipinski definition) is 10. The zero-order valence-corrected chi connectivity index (χ0v) is 28.7. The van der Waals surface area contributed by atoms with Crippen molar-refractivity contribution < 1.29 is 28.7 Å². The maximum atomic E-state index is 14.2. The molecule has 1 aromatic heterocycles. The Kier molecular flexibility index (Phi) is 10.3. The van der Waals surface area contributed by atoms with Gasteiger partial charge in [0, 0.05) is 22.2 Å². The molecule has 0 spiro atoms. The third-order valence-electron chi connectivity index (χ3n) is 7.20. The van der Waals surface area contributed by atoms with Gasteiger partial charge in [0.15, 0.2) is 16.3 Å². The molecule has 244 valence electrons. The molecule has 1 aliphatic heterocycles. The third kappa shape index (κ3) is 7.15. The van der Waals surface area contributed by atoms with Crippen molar-refractivity contribution in [3.8, 4) is 17.2 Å². The first-order valence-corrected chi connectivity index (χ1v) is 16.3. The Morgan fingerprint density at radius 2 is 1.85 bits per heavy atom. The number of esters is 1. The van der Waals surface area contributed by atoms with Gasteiger partial charge in [-0.05, 0) is 75.2 Å². The van der Waals surface area contributed by atoms with Crippen molar-refractivity contribution in [2.45, 2.75) is 46.4 Å². The molecule has 0 bridgehead atoms. The van der Waals surface area contributed by atoms with E-state index < -0.39 is 16.9 Å². The maximum Gasteiger partial charge on any atom is 0.338 e. The quantitative estimate of drug-likeness (QED) is 0.107. The minimum atomic E-state index is -0.824. The Hall–Kier alpha value is -4.75. The summed E-state index contributed by atoms with van der Waals surface area (Å²) in [5.41, 5.74) is 2.42. The molecule has 0 saturated carbocycles. The molecule has 0 unspecified atom stereocenters. The molecule has 11 nitrogen and oxygen atoms in total. The van der Waals surface area contributed by atoms with E-state index in [-0.39, 0.29) is 36.1 Å². The smallest absolute Gasteiger partial charge is 0.338 e. The molecule has 0 saturated heterocycles. The van der Waals surface area contributed by atoms with Crippen molar-refractivity contribution in [2.24, 2.45) is 4.99 Å². The van der Waals surface area contributed by atoms with Crippen molar-refractivity contribution in [1.29, 1.82) is 0 Å². The molecule has 1 aliphatic rings. The molecule has 0 aliphatic carbocycles. The van der Waals surface area contributed by atoms with Crippen LogP contribution in [0.1, 0.15) is 50.4 Å². The zero-order chi connectivity index (χ0) is 33.8. The molecular weight excluding hydrogens is 690 g/mol. The minimum absolute atomic E-state index is 0.00425. The summed E-state index contributed by atoms with van der Waals surface area (Å²) in [6.45, 7) is 7.61. The monoisotopic (exact) mass is 721 g/mol. The van der Waals surface area contributed by atoms with Gasteiger partial charge < -0.3 is 18.9 Å². The van der Waals surface area contributed by atoms with Gasteiger partial charge in [-0.3, -0.25) is 19.5 Å². The van der Waals surface area contributed by atoms with Crippen LogP contribution in [0, 0.1) is 10.1 Å². The van der Waals surface area contributed by atoms with Crippen molar-refractivity contribution in [2.75, 3.05) is 13.7 Å². The highest BCUT2D eigenvalue weighted by Crippen LogP contribution is 2.37. The summed E-state index contributed by atoms with van der Waals surface area (Å²) < 4.78 is 25.7. The number of nitro benzene ring substituents is 1. The molecule has 47 heavy (non-hydrogen) atoms. The molecule has 2 heterocycles. The number of non-ortho nitro benzene ring substituents is 1. The van der Waals surface area contributed by atoms with Crippen LogP contribution in [-0.2, 0) is 16.1 Å².